The second-order valence-electron chi connectivity index (χ2n) is 4.41. The molecule has 0 saturated carbocycles. The first-order chi connectivity index (χ1) is 7.74. The van der Waals surface area contributed by atoms with E-state index in [4.69, 9.17) is 4.74 Å². The van der Waals surface area contributed by atoms with Gasteiger partial charge in [-0.15, -0.1) is 0 Å². The highest BCUT2D eigenvalue weighted by Crippen LogP contribution is 2.37. The number of halogens is 1. The topological polar surface area (TPSA) is 21.3 Å². The summed E-state index contributed by atoms with van der Waals surface area (Å²) in [7, 11) is 1.78. The molecule has 1 aromatic carbocycles. The van der Waals surface area contributed by atoms with Gasteiger partial charge in [-0.2, -0.15) is 0 Å². The third-order valence-corrected chi connectivity index (χ3v) is 4.75. The van der Waals surface area contributed by atoms with Gasteiger partial charge in [0.15, 0.2) is 0 Å². The van der Waals surface area contributed by atoms with Gasteiger partial charge in [0.05, 0.1) is 10.2 Å². The molecule has 0 aliphatic carbocycles. The number of piperidine rings is 1. The predicted molar refractivity (Wildman–Crippen MR) is 74.7 cm³/mol. The van der Waals surface area contributed by atoms with E-state index in [1.54, 1.807) is 7.11 Å². The van der Waals surface area contributed by atoms with Crippen LogP contribution in [0.15, 0.2) is 30.3 Å². The lowest BCUT2D eigenvalue weighted by Crippen LogP contribution is -2.45. The van der Waals surface area contributed by atoms with Gasteiger partial charge < -0.3 is 4.74 Å². The lowest BCUT2D eigenvalue weighted by Gasteiger charge is -2.37. The van der Waals surface area contributed by atoms with Crippen molar-refractivity contribution in [2.75, 3.05) is 20.3 Å². The molecule has 0 spiro atoms. The maximum atomic E-state index is 5.21. The van der Waals surface area contributed by atoms with Crippen LogP contribution in [0.4, 0.5) is 0 Å². The molecule has 1 aliphatic heterocycles. The van der Waals surface area contributed by atoms with Crippen molar-refractivity contribution < 1.29 is 4.74 Å². The Bertz CT molecular complexity index is 320. The van der Waals surface area contributed by atoms with Crippen molar-refractivity contribution in [3.63, 3.8) is 0 Å². The van der Waals surface area contributed by atoms with Crippen LogP contribution in [0, 0.1) is 5.92 Å². The van der Waals surface area contributed by atoms with Gasteiger partial charge >= 0.3 is 0 Å². The van der Waals surface area contributed by atoms with Gasteiger partial charge in [-0.1, -0.05) is 52.9 Å². The van der Waals surface area contributed by atoms with Crippen molar-refractivity contribution in [3.05, 3.63) is 35.9 Å². The minimum atomic E-state index is 0.114. The Labute approximate surface area is 111 Å². The van der Waals surface area contributed by atoms with Crippen LogP contribution in [0.1, 0.15) is 18.4 Å². The molecule has 1 N–H and O–H groups in total. The summed E-state index contributed by atoms with van der Waals surface area (Å²) in [5, 5.41) is 3.65. The summed E-state index contributed by atoms with van der Waals surface area (Å²) < 4.78 is 5.33. The quantitative estimate of drug-likeness (QED) is 0.522. The van der Waals surface area contributed by atoms with Gasteiger partial charge in [-0.25, -0.2) is 0 Å². The number of alkyl halides is 1. The molecule has 1 aromatic rings. The van der Waals surface area contributed by atoms with Crippen molar-refractivity contribution >= 4 is 22.6 Å². The zero-order chi connectivity index (χ0) is 11.4. The third kappa shape index (κ3) is 2.76. The molecule has 2 nitrogen and oxygen atoms in total. The molecular formula is C13H18INO. The molecule has 1 aliphatic rings. The second-order valence-corrected chi connectivity index (χ2v) is 6.25. The Morgan fingerprint density at radius 3 is 2.75 bits per heavy atom. The van der Waals surface area contributed by atoms with E-state index in [1.165, 1.54) is 18.4 Å². The molecule has 0 aromatic heterocycles. The van der Waals surface area contributed by atoms with Crippen LogP contribution in [0.2, 0.25) is 0 Å². The summed E-state index contributed by atoms with van der Waals surface area (Å²) in [5.74, 6) is 0.664. The molecule has 16 heavy (non-hydrogen) atoms. The number of rotatable bonds is 3. The van der Waals surface area contributed by atoms with Gasteiger partial charge in [-0.3, -0.25) is 5.32 Å². The fraction of sp³-hybridized carbons (Fsp3) is 0.538. The van der Waals surface area contributed by atoms with E-state index in [9.17, 15) is 0 Å². The lowest BCUT2D eigenvalue weighted by atomic mass is 9.91. The highest BCUT2D eigenvalue weighted by Gasteiger charge is 2.33. The van der Waals surface area contributed by atoms with E-state index in [0.29, 0.717) is 5.92 Å². The van der Waals surface area contributed by atoms with Gasteiger partial charge in [0.1, 0.15) is 0 Å². The highest BCUT2D eigenvalue weighted by atomic mass is 127. The molecule has 1 saturated heterocycles. The molecule has 2 rings (SSSR count). The van der Waals surface area contributed by atoms with Gasteiger partial charge in [0, 0.05) is 13.7 Å². The summed E-state index contributed by atoms with van der Waals surface area (Å²) in [6.07, 6.45) is 2.41. The fourth-order valence-corrected chi connectivity index (χ4v) is 3.12. The first kappa shape index (κ1) is 12.3. The van der Waals surface area contributed by atoms with Crippen LogP contribution < -0.4 is 5.32 Å². The monoisotopic (exact) mass is 331 g/mol. The van der Waals surface area contributed by atoms with Gasteiger partial charge in [0.25, 0.3) is 0 Å². The summed E-state index contributed by atoms with van der Waals surface area (Å²) in [6.45, 7) is 1.92. The van der Waals surface area contributed by atoms with Crippen LogP contribution in [0.3, 0.4) is 0 Å². The first-order valence-electron chi connectivity index (χ1n) is 5.73. The number of benzene rings is 1. The van der Waals surface area contributed by atoms with Crippen LogP contribution in [0.25, 0.3) is 0 Å². The number of hydrogen-bond acceptors (Lipinski definition) is 2. The van der Waals surface area contributed by atoms with Gasteiger partial charge in [0.2, 0.25) is 0 Å². The zero-order valence-corrected chi connectivity index (χ0v) is 11.7. The summed E-state index contributed by atoms with van der Waals surface area (Å²) in [5.41, 5.74) is 1.38. The molecule has 0 amide bonds. The number of methoxy groups -OCH3 is 1. The SMILES string of the molecule is COC[C@H]1CC[C@@](I)(c2ccccc2)NC1. The Morgan fingerprint density at radius 1 is 1.44 bits per heavy atom. The van der Waals surface area contributed by atoms with E-state index in [-0.39, 0.29) is 3.55 Å². The minimum Gasteiger partial charge on any atom is -0.384 e. The van der Waals surface area contributed by atoms with Crippen LogP contribution in [-0.4, -0.2) is 20.3 Å². The molecule has 1 heterocycles. The largest absolute Gasteiger partial charge is 0.384 e. The van der Waals surface area contributed by atoms with E-state index in [1.807, 2.05) is 0 Å². The van der Waals surface area contributed by atoms with E-state index < -0.39 is 0 Å². The van der Waals surface area contributed by atoms with Crippen molar-refractivity contribution in [2.24, 2.45) is 5.92 Å². The van der Waals surface area contributed by atoms with Crippen molar-refractivity contribution in [2.45, 2.75) is 16.4 Å². The molecule has 0 bridgehead atoms. The average molecular weight is 331 g/mol. The summed E-state index contributed by atoms with van der Waals surface area (Å²) in [4.78, 5) is 0. The average Bonchev–Trinajstić information content (AvgIpc) is 2.34. The highest BCUT2D eigenvalue weighted by molar-refractivity contribution is 14.1. The molecule has 3 heteroatoms. The van der Waals surface area contributed by atoms with Crippen LogP contribution in [0.5, 0.6) is 0 Å². The Kier molecular flexibility index (Phi) is 4.21. The standard InChI is InChI=1S/C13H18INO/c1-16-10-11-7-8-13(14,15-9-11)12-5-3-2-4-6-12/h2-6,11,15H,7-10H2,1H3/t11-,13-/m0/s1. The van der Waals surface area contributed by atoms with Crippen molar-refractivity contribution in [1.82, 2.24) is 5.32 Å². The maximum absolute atomic E-state index is 5.21. The summed E-state index contributed by atoms with van der Waals surface area (Å²) in [6, 6.07) is 10.7. The van der Waals surface area contributed by atoms with E-state index in [2.05, 4.69) is 58.2 Å². The maximum Gasteiger partial charge on any atom is 0.0960 e. The van der Waals surface area contributed by atoms with E-state index >= 15 is 0 Å². The molecule has 88 valence electrons. The normalized spacial score (nSPS) is 30.2. The molecular weight excluding hydrogens is 313 g/mol. The third-order valence-electron chi connectivity index (χ3n) is 3.20. The number of nitrogens with one attached hydrogen (secondary N) is 1. The smallest absolute Gasteiger partial charge is 0.0960 e. The minimum absolute atomic E-state index is 0.114. The first-order valence-corrected chi connectivity index (χ1v) is 6.81. The second kappa shape index (κ2) is 5.47. The fourth-order valence-electron chi connectivity index (χ4n) is 2.23. The van der Waals surface area contributed by atoms with Gasteiger partial charge in [-0.05, 0) is 24.3 Å². The summed E-state index contributed by atoms with van der Waals surface area (Å²) >= 11 is 2.54. The Balaban J connectivity index is 2.01. The molecule has 0 radical (unpaired) electrons. The van der Waals surface area contributed by atoms with Crippen LogP contribution in [-0.2, 0) is 8.28 Å². The molecule has 2 atom stereocenters. The zero-order valence-electron chi connectivity index (χ0n) is 9.58. The number of hydrogen-bond donors (Lipinski definition) is 1. The Morgan fingerprint density at radius 2 is 2.19 bits per heavy atom. The molecule has 0 unspecified atom stereocenters. The predicted octanol–water partition coefficient (Wildman–Crippen LogP) is 2.92. The molecule has 1 fully saturated rings. The van der Waals surface area contributed by atoms with Crippen LogP contribution >= 0.6 is 22.6 Å². The Hall–Kier alpha value is -0.130. The van der Waals surface area contributed by atoms with E-state index in [0.717, 1.165) is 13.2 Å². The number of ether oxygens (including phenoxy) is 1. The lowest BCUT2D eigenvalue weighted by molar-refractivity contribution is 0.127. The van der Waals surface area contributed by atoms with Crippen molar-refractivity contribution in [3.8, 4) is 0 Å². The van der Waals surface area contributed by atoms with Crippen molar-refractivity contribution in [1.29, 1.82) is 0 Å².